The number of amides is 1. The van der Waals surface area contributed by atoms with E-state index in [1.54, 1.807) is 13.2 Å². The number of halogens is 1. The van der Waals surface area contributed by atoms with Crippen molar-refractivity contribution in [2.45, 2.75) is 26.8 Å². The minimum Gasteiger partial charge on any atom is -0.496 e. The summed E-state index contributed by atoms with van der Waals surface area (Å²) in [4.78, 5) is 17.0. The predicted molar refractivity (Wildman–Crippen MR) is 114 cm³/mol. The molecule has 2 aromatic carbocycles. The molecule has 1 fully saturated rings. The first-order valence-corrected chi connectivity index (χ1v) is 10.2. The van der Waals surface area contributed by atoms with E-state index in [4.69, 9.17) is 4.74 Å². The van der Waals surface area contributed by atoms with Crippen LogP contribution in [0, 0.1) is 12.7 Å². The van der Waals surface area contributed by atoms with Crippen LogP contribution < -0.4 is 10.1 Å². The zero-order valence-electron chi connectivity index (χ0n) is 17.5. The average Bonchev–Trinajstić information content (AvgIpc) is 2.71. The molecule has 6 heteroatoms. The number of methoxy groups -OCH3 is 1. The molecule has 2 aromatic rings. The summed E-state index contributed by atoms with van der Waals surface area (Å²) >= 11 is 0. The number of para-hydroxylation sites is 1. The predicted octanol–water partition coefficient (Wildman–Crippen LogP) is 3.46. The number of carbonyl (C=O) groups is 1. The van der Waals surface area contributed by atoms with Crippen LogP contribution in [-0.4, -0.2) is 55.5 Å². The molecule has 0 saturated carbocycles. The Labute approximate surface area is 172 Å². The van der Waals surface area contributed by atoms with E-state index in [1.807, 2.05) is 19.1 Å². The summed E-state index contributed by atoms with van der Waals surface area (Å²) in [6.45, 7) is 8.41. The molecule has 1 saturated heterocycles. The van der Waals surface area contributed by atoms with Gasteiger partial charge in [-0.1, -0.05) is 25.1 Å². The molecule has 0 radical (unpaired) electrons. The van der Waals surface area contributed by atoms with Gasteiger partial charge in [0.15, 0.2) is 0 Å². The summed E-state index contributed by atoms with van der Waals surface area (Å²) in [5.74, 6) is 0.478. The van der Waals surface area contributed by atoms with Crippen LogP contribution in [-0.2, 0) is 17.8 Å². The van der Waals surface area contributed by atoms with E-state index >= 15 is 0 Å². The first kappa shape index (κ1) is 21.3. The van der Waals surface area contributed by atoms with Crippen molar-refractivity contribution in [2.75, 3.05) is 45.2 Å². The van der Waals surface area contributed by atoms with Gasteiger partial charge in [0.2, 0.25) is 5.91 Å². The molecular formula is C23H30FN3O2. The normalized spacial score (nSPS) is 15.3. The Balaban J connectivity index is 1.51. The number of aryl methyl sites for hydroxylation is 2. The van der Waals surface area contributed by atoms with Crippen molar-refractivity contribution >= 4 is 11.6 Å². The quantitative estimate of drug-likeness (QED) is 0.775. The molecule has 3 rings (SSSR count). The molecule has 156 valence electrons. The highest BCUT2D eigenvalue weighted by Gasteiger charge is 2.21. The molecule has 1 amide bonds. The van der Waals surface area contributed by atoms with Crippen molar-refractivity contribution in [3.8, 4) is 5.75 Å². The molecule has 0 aromatic heterocycles. The maximum atomic E-state index is 13.6. The van der Waals surface area contributed by atoms with E-state index < -0.39 is 0 Å². The van der Waals surface area contributed by atoms with Gasteiger partial charge in [-0.2, -0.15) is 0 Å². The van der Waals surface area contributed by atoms with Crippen LogP contribution in [0.2, 0.25) is 0 Å². The number of nitrogens with zero attached hydrogens (tertiary/aromatic N) is 2. The molecule has 1 aliphatic heterocycles. The lowest BCUT2D eigenvalue weighted by Crippen LogP contribution is -2.48. The summed E-state index contributed by atoms with van der Waals surface area (Å²) in [5, 5.41) is 3.10. The Morgan fingerprint density at radius 1 is 1.10 bits per heavy atom. The van der Waals surface area contributed by atoms with Gasteiger partial charge in [0.25, 0.3) is 0 Å². The van der Waals surface area contributed by atoms with Crippen LogP contribution in [0.5, 0.6) is 5.75 Å². The highest BCUT2D eigenvalue weighted by Crippen LogP contribution is 2.22. The monoisotopic (exact) mass is 399 g/mol. The Bertz CT molecular complexity index is 848. The molecule has 5 nitrogen and oxygen atoms in total. The molecule has 29 heavy (non-hydrogen) atoms. The number of hydrogen-bond donors (Lipinski definition) is 1. The fourth-order valence-corrected chi connectivity index (χ4v) is 3.80. The zero-order chi connectivity index (χ0) is 20.8. The van der Waals surface area contributed by atoms with E-state index in [9.17, 15) is 9.18 Å². The molecule has 0 unspecified atom stereocenters. The summed E-state index contributed by atoms with van der Waals surface area (Å²) in [6.07, 6.45) is 0.888. The summed E-state index contributed by atoms with van der Waals surface area (Å²) in [6, 6.07) is 10.7. The molecule has 0 spiro atoms. The van der Waals surface area contributed by atoms with Crippen molar-refractivity contribution in [3.05, 3.63) is 58.9 Å². The molecule has 0 atom stereocenters. The second-order valence-corrected chi connectivity index (χ2v) is 7.52. The number of ether oxygens (including phenoxy) is 1. The number of anilines is 1. The maximum absolute atomic E-state index is 13.6. The third kappa shape index (κ3) is 5.55. The first-order valence-electron chi connectivity index (χ1n) is 10.2. The number of nitrogens with one attached hydrogen (secondary N) is 1. The molecule has 0 bridgehead atoms. The molecule has 0 aliphatic carbocycles. The lowest BCUT2D eigenvalue weighted by Gasteiger charge is -2.34. The number of benzene rings is 2. The summed E-state index contributed by atoms with van der Waals surface area (Å²) in [5.41, 5.74) is 4.04. The number of hydrogen-bond acceptors (Lipinski definition) is 4. The minimum atomic E-state index is -0.251. The average molecular weight is 400 g/mol. The van der Waals surface area contributed by atoms with E-state index in [1.165, 1.54) is 12.1 Å². The van der Waals surface area contributed by atoms with Gasteiger partial charge in [-0.05, 0) is 42.7 Å². The maximum Gasteiger partial charge on any atom is 0.238 e. The molecule has 1 N–H and O–H groups in total. The number of carbonyl (C=O) groups excluding carboxylic acids is 1. The highest BCUT2D eigenvalue weighted by molar-refractivity contribution is 5.93. The van der Waals surface area contributed by atoms with Crippen molar-refractivity contribution in [3.63, 3.8) is 0 Å². The zero-order valence-corrected chi connectivity index (χ0v) is 17.5. The second-order valence-electron chi connectivity index (χ2n) is 7.52. The van der Waals surface area contributed by atoms with Gasteiger partial charge >= 0.3 is 0 Å². The summed E-state index contributed by atoms with van der Waals surface area (Å²) < 4.78 is 18.9. The van der Waals surface area contributed by atoms with Crippen LogP contribution in [0.3, 0.4) is 0 Å². The lowest BCUT2D eigenvalue weighted by atomic mass is 10.1. The Morgan fingerprint density at radius 3 is 2.52 bits per heavy atom. The largest absolute Gasteiger partial charge is 0.496 e. The minimum absolute atomic E-state index is 0.0225. The number of rotatable bonds is 7. The van der Waals surface area contributed by atoms with Gasteiger partial charge < -0.3 is 10.1 Å². The Morgan fingerprint density at radius 2 is 1.83 bits per heavy atom. The van der Waals surface area contributed by atoms with Gasteiger partial charge in [-0.3, -0.25) is 14.6 Å². The van der Waals surface area contributed by atoms with E-state index in [0.717, 1.165) is 55.0 Å². The summed E-state index contributed by atoms with van der Waals surface area (Å²) in [7, 11) is 1.60. The Kier molecular flexibility index (Phi) is 7.23. The Hall–Kier alpha value is -2.44. The third-order valence-electron chi connectivity index (χ3n) is 5.47. The van der Waals surface area contributed by atoms with Crippen LogP contribution >= 0.6 is 0 Å². The van der Waals surface area contributed by atoms with Gasteiger partial charge in [0.1, 0.15) is 11.6 Å². The molecular weight excluding hydrogens is 369 g/mol. The SMILES string of the molecule is CCc1cccc(C)c1NC(=O)CN1CCN(Cc2cc(F)ccc2OC)CC1. The fraction of sp³-hybridized carbons (Fsp3) is 0.435. The molecule has 1 heterocycles. The van der Waals surface area contributed by atoms with Crippen molar-refractivity contribution in [2.24, 2.45) is 0 Å². The lowest BCUT2D eigenvalue weighted by molar-refractivity contribution is -0.117. The van der Waals surface area contributed by atoms with Gasteiger partial charge in [-0.25, -0.2) is 4.39 Å². The van der Waals surface area contributed by atoms with Crippen LogP contribution in [0.25, 0.3) is 0 Å². The van der Waals surface area contributed by atoms with Crippen molar-refractivity contribution in [1.82, 2.24) is 9.80 Å². The fourth-order valence-electron chi connectivity index (χ4n) is 3.80. The third-order valence-corrected chi connectivity index (χ3v) is 5.47. The van der Waals surface area contributed by atoms with Crippen LogP contribution in [0.1, 0.15) is 23.6 Å². The van der Waals surface area contributed by atoms with Crippen LogP contribution in [0.4, 0.5) is 10.1 Å². The van der Waals surface area contributed by atoms with Crippen molar-refractivity contribution < 1.29 is 13.9 Å². The molecule has 1 aliphatic rings. The standard InChI is InChI=1S/C23H30FN3O2/c1-4-18-7-5-6-17(2)23(18)25-22(28)16-27-12-10-26(11-13-27)15-19-14-20(24)8-9-21(19)29-3/h5-9,14H,4,10-13,15-16H2,1-3H3,(H,25,28). The second kappa shape index (κ2) is 9.85. The van der Waals surface area contributed by atoms with E-state index in [-0.39, 0.29) is 11.7 Å². The van der Waals surface area contributed by atoms with Crippen LogP contribution in [0.15, 0.2) is 36.4 Å². The number of piperazine rings is 1. The van der Waals surface area contributed by atoms with Gasteiger partial charge in [0.05, 0.1) is 13.7 Å². The van der Waals surface area contributed by atoms with Crippen molar-refractivity contribution in [1.29, 1.82) is 0 Å². The van der Waals surface area contributed by atoms with Gasteiger partial charge in [0, 0.05) is 44.0 Å². The smallest absolute Gasteiger partial charge is 0.238 e. The van der Waals surface area contributed by atoms with E-state index in [2.05, 4.69) is 28.1 Å². The van der Waals surface area contributed by atoms with E-state index in [0.29, 0.717) is 18.8 Å². The highest BCUT2D eigenvalue weighted by atomic mass is 19.1. The van der Waals surface area contributed by atoms with Gasteiger partial charge in [-0.15, -0.1) is 0 Å². The topological polar surface area (TPSA) is 44.8 Å². The first-order chi connectivity index (χ1) is 14.0.